The summed E-state index contributed by atoms with van der Waals surface area (Å²) in [6.07, 6.45) is 5.31. The van der Waals surface area contributed by atoms with E-state index in [1.165, 1.54) is 28.8 Å². The average Bonchev–Trinajstić information content (AvgIpc) is 3.32. The van der Waals surface area contributed by atoms with Gasteiger partial charge in [0.25, 0.3) is 0 Å². The number of aryl methyl sites for hydroxylation is 4. The fourth-order valence-corrected chi connectivity index (χ4v) is 5.90. The van der Waals surface area contributed by atoms with Crippen LogP contribution in [0.15, 0.2) is 30.3 Å². The number of H-pyrrole nitrogens is 1. The van der Waals surface area contributed by atoms with E-state index in [4.69, 9.17) is 21.4 Å². The molecule has 0 saturated heterocycles. The van der Waals surface area contributed by atoms with E-state index in [2.05, 4.69) is 22.3 Å². The van der Waals surface area contributed by atoms with Gasteiger partial charge in [-0.15, -0.1) is 11.3 Å². The first-order valence-corrected chi connectivity index (χ1v) is 11.7. The standard InChI is InChI=1S/C24H28N6S/c1-13-19(14(2)30-29-13)23-27-22(21(26)17(25)12-15-8-4-3-5-9-15)20-16-10-6-7-11-18(16)31-24(20)28-23/h3-5,8-9,17,21H,6-7,10-12,25-26H2,1-2H3,(H,29,30). The van der Waals surface area contributed by atoms with Crippen LogP contribution in [0.4, 0.5) is 0 Å². The van der Waals surface area contributed by atoms with E-state index in [9.17, 15) is 0 Å². The van der Waals surface area contributed by atoms with Crippen molar-refractivity contribution in [3.05, 3.63) is 63.4 Å². The number of thiophene rings is 1. The lowest BCUT2D eigenvalue weighted by molar-refractivity contribution is 0.536. The number of hydrogen-bond acceptors (Lipinski definition) is 6. The van der Waals surface area contributed by atoms with Crippen molar-refractivity contribution >= 4 is 21.6 Å². The van der Waals surface area contributed by atoms with Gasteiger partial charge in [-0.05, 0) is 57.1 Å². The average molecular weight is 433 g/mol. The minimum Gasteiger partial charge on any atom is -0.326 e. The number of rotatable bonds is 5. The molecule has 0 fully saturated rings. The highest BCUT2D eigenvalue weighted by atomic mass is 32.1. The summed E-state index contributed by atoms with van der Waals surface area (Å²) in [5.74, 6) is 0.687. The molecule has 7 heteroatoms. The Morgan fingerprint density at radius 2 is 1.84 bits per heavy atom. The molecule has 6 nitrogen and oxygen atoms in total. The van der Waals surface area contributed by atoms with Crippen molar-refractivity contribution in [2.75, 3.05) is 0 Å². The molecule has 5 N–H and O–H groups in total. The zero-order valence-electron chi connectivity index (χ0n) is 18.0. The maximum Gasteiger partial charge on any atom is 0.164 e. The highest BCUT2D eigenvalue weighted by Crippen LogP contribution is 2.40. The van der Waals surface area contributed by atoms with Crippen molar-refractivity contribution in [3.63, 3.8) is 0 Å². The molecule has 1 aliphatic carbocycles. The smallest absolute Gasteiger partial charge is 0.164 e. The van der Waals surface area contributed by atoms with Crippen molar-refractivity contribution in [1.29, 1.82) is 0 Å². The lowest BCUT2D eigenvalue weighted by Crippen LogP contribution is -2.36. The zero-order valence-corrected chi connectivity index (χ0v) is 18.8. The molecule has 0 radical (unpaired) electrons. The van der Waals surface area contributed by atoms with E-state index in [0.29, 0.717) is 12.2 Å². The van der Waals surface area contributed by atoms with E-state index < -0.39 is 0 Å². The molecular formula is C24H28N6S. The largest absolute Gasteiger partial charge is 0.326 e. The third-order valence-corrected chi connectivity index (χ3v) is 7.47. The highest BCUT2D eigenvalue weighted by molar-refractivity contribution is 7.18. The molecule has 0 aliphatic heterocycles. The fourth-order valence-electron chi connectivity index (χ4n) is 4.63. The Kier molecular flexibility index (Phi) is 5.33. The topological polar surface area (TPSA) is 106 Å². The molecule has 0 bridgehead atoms. The molecule has 1 aliphatic rings. The summed E-state index contributed by atoms with van der Waals surface area (Å²) >= 11 is 1.79. The predicted molar refractivity (Wildman–Crippen MR) is 126 cm³/mol. The number of nitrogens with two attached hydrogens (primary N) is 2. The number of aromatic nitrogens is 4. The van der Waals surface area contributed by atoms with Gasteiger partial charge >= 0.3 is 0 Å². The summed E-state index contributed by atoms with van der Waals surface area (Å²) in [4.78, 5) is 12.5. The number of hydrogen-bond donors (Lipinski definition) is 3. The van der Waals surface area contributed by atoms with E-state index in [1.54, 1.807) is 11.3 Å². The number of aromatic amines is 1. The number of nitrogens with one attached hydrogen (secondary N) is 1. The minimum atomic E-state index is -0.377. The number of fused-ring (bicyclic) bond motifs is 3. The summed E-state index contributed by atoms with van der Waals surface area (Å²) in [5, 5.41) is 8.54. The zero-order chi connectivity index (χ0) is 21.5. The van der Waals surface area contributed by atoms with Gasteiger partial charge < -0.3 is 11.5 Å². The van der Waals surface area contributed by atoms with Gasteiger partial charge in [-0.2, -0.15) is 5.10 Å². The molecule has 2 unspecified atom stereocenters. The first-order valence-electron chi connectivity index (χ1n) is 10.9. The van der Waals surface area contributed by atoms with Crippen molar-refractivity contribution in [3.8, 4) is 11.4 Å². The molecule has 5 rings (SSSR count). The summed E-state index contributed by atoms with van der Waals surface area (Å²) in [7, 11) is 0. The van der Waals surface area contributed by atoms with E-state index >= 15 is 0 Å². The Hall–Kier alpha value is -2.61. The van der Waals surface area contributed by atoms with Crippen LogP contribution in [0.1, 0.15) is 52.0 Å². The van der Waals surface area contributed by atoms with Crippen LogP contribution in [0.25, 0.3) is 21.6 Å². The Balaban J connectivity index is 1.64. The highest BCUT2D eigenvalue weighted by Gasteiger charge is 2.27. The normalized spacial score (nSPS) is 15.7. The third-order valence-electron chi connectivity index (χ3n) is 6.29. The summed E-state index contributed by atoms with van der Waals surface area (Å²) < 4.78 is 0. The molecule has 0 spiro atoms. The van der Waals surface area contributed by atoms with Gasteiger partial charge in [-0.25, -0.2) is 9.97 Å². The van der Waals surface area contributed by atoms with Crippen molar-refractivity contribution in [2.24, 2.45) is 11.5 Å². The molecule has 4 aromatic rings. The van der Waals surface area contributed by atoms with Gasteiger partial charge in [0, 0.05) is 22.0 Å². The number of benzene rings is 1. The Bertz CT molecular complexity index is 1210. The fraction of sp³-hybridized carbons (Fsp3) is 0.375. The maximum atomic E-state index is 6.81. The maximum absolute atomic E-state index is 6.81. The second-order valence-electron chi connectivity index (χ2n) is 8.51. The van der Waals surface area contributed by atoms with Crippen molar-refractivity contribution in [1.82, 2.24) is 20.2 Å². The van der Waals surface area contributed by atoms with Gasteiger partial charge in [0.15, 0.2) is 5.82 Å². The Morgan fingerprint density at radius 1 is 1.06 bits per heavy atom. The van der Waals surface area contributed by atoms with E-state index in [0.717, 1.165) is 45.7 Å². The lowest BCUT2D eigenvalue weighted by Gasteiger charge is -2.22. The Labute approximate surface area is 186 Å². The van der Waals surface area contributed by atoms with Crippen LogP contribution in [-0.2, 0) is 19.3 Å². The predicted octanol–water partition coefficient (Wildman–Crippen LogP) is 4.15. The van der Waals surface area contributed by atoms with Crippen LogP contribution < -0.4 is 11.5 Å². The monoisotopic (exact) mass is 432 g/mol. The molecular weight excluding hydrogens is 404 g/mol. The van der Waals surface area contributed by atoms with Crippen molar-refractivity contribution < 1.29 is 0 Å². The molecule has 1 aromatic carbocycles. The van der Waals surface area contributed by atoms with Crippen molar-refractivity contribution in [2.45, 2.75) is 58.0 Å². The first kappa shape index (κ1) is 20.3. The van der Waals surface area contributed by atoms with Gasteiger partial charge in [-0.3, -0.25) is 5.10 Å². The Morgan fingerprint density at radius 3 is 2.58 bits per heavy atom. The lowest BCUT2D eigenvalue weighted by atomic mass is 9.92. The van der Waals surface area contributed by atoms with Gasteiger partial charge in [0.2, 0.25) is 0 Å². The van der Waals surface area contributed by atoms with Crippen LogP contribution in [0.5, 0.6) is 0 Å². The van der Waals surface area contributed by atoms with Crippen LogP contribution in [0.2, 0.25) is 0 Å². The summed E-state index contributed by atoms with van der Waals surface area (Å²) in [6, 6.07) is 9.66. The summed E-state index contributed by atoms with van der Waals surface area (Å²) in [5.41, 5.74) is 19.7. The molecule has 2 atom stereocenters. The minimum absolute atomic E-state index is 0.237. The van der Waals surface area contributed by atoms with Crippen LogP contribution in [0.3, 0.4) is 0 Å². The van der Waals surface area contributed by atoms with Gasteiger partial charge in [0.05, 0.1) is 23.0 Å². The second kappa shape index (κ2) is 8.15. The molecule has 3 aromatic heterocycles. The molecule has 0 amide bonds. The van der Waals surface area contributed by atoms with E-state index in [-0.39, 0.29) is 12.1 Å². The molecule has 160 valence electrons. The number of nitrogens with zero attached hydrogens (tertiary/aromatic N) is 3. The first-order chi connectivity index (χ1) is 15.0. The molecule has 31 heavy (non-hydrogen) atoms. The molecule has 0 saturated carbocycles. The van der Waals surface area contributed by atoms with E-state index in [1.807, 2.05) is 32.0 Å². The third kappa shape index (κ3) is 3.67. The quantitative estimate of drug-likeness (QED) is 0.439. The van der Waals surface area contributed by atoms with Gasteiger partial charge in [0.1, 0.15) is 4.83 Å². The SMILES string of the molecule is Cc1n[nH]c(C)c1-c1nc(C(N)C(N)Cc2ccccc2)c2c3c(sc2n1)CCCC3. The van der Waals surface area contributed by atoms with Crippen LogP contribution in [0, 0.1) is 13.8 Å². The van der Waals surface area contributed by atoms with Crippen LogP contribution in [-0.4, -0.2) is 26.2 Å². The summed E-state index contributed by atoms with van der Waals surface area (Å²) in [6.45, 7) is 3.98. The van der Waals surface area contributed by atoms with Gasteiger partial charge in [-0.1, -0.05) is 30.3 Å². The second-order valence-corrected chi connectivity index (χ2v) is 9.60. The van der Waals surface area contributed by atoms with Crippen LogP contribution >= 0.6 is 11.3 Å². The molecule has 3 heterocycles.